The Bertz CT molecular complexity index is 1010. The number of hydrogen-bond acceptors (Lipinski definition) is 0. The Hall–Kier alpha value is -2.29. The highest BCUT2D eigenvalue weighted by Gasteiger charge is 2.22. The van der Waals surface area contributed by atoms with E-state index in [4.69, 9.17) is 0 Å². The van der Waals surface area contributed by atoms with Crippen LogP contribution in [0.4, 0.5) is 13.2 Å². The number of rotatable bonds is 7. The van der Waals surface area contributed by atoms with Gasteiger partial charge in [0.2, 0.25) is 0 Å². The van der Waals surface area contributed by atoms with E-state index < -0.39 is 17.5 Å². The zero-order valence-corrected chi connectivity index (χ0v) is 18.3. The average molecular weight is 425 g/mol. The van der Waals surface area contributed by atoms with Gasteiger partial charge >= 0.3 is 0 Å². The summed E-state index contributed by atoms with van der Waals surface area (Å²) in [7, 11) is 0. The lowest BCUT2D eigenvalue weighted by atomic mass is 9.76. The first-order valence-corrected chi connectivity index (χ1v) is 11.7. The van der Waals surface area contributed by atoms with Gasteiger partial charge < -0.3 is 0 Å². The second-order valence-electron chi connectivity index (χ2n) is 9.13. The predicted molar refractivity (Wildman–Crippen MR) is 123 cm³/mol. The molecule has 0 N–H and O–H groups in total. The molecule has 0 aromatic heterocycles. The molecule has 1 saturated carbocycles. The Balaban J connectivity index is 1.48. The lowest BCUT2D eigenvalue weighted by molar-refractivity contribution is 0.302. The third-order valence-electron chi connectivity index (χ3n) is 6.94. The molecule has 0 amide bonds. The highest BCUT2D eigenvalue weighted by atomic mass is 19.1. The van der Waals surface area contributed by atoms with Gasteiger partial charge in [-0.1, -0.05) is 69.4 Å². The summed E-state index contributed by atoms with van der Waals surface area (Å²) in [6.45, 7) is 2.25. The first-order chi connectivity index (χ1) is 15.0. The molecule has 3 aromatic rings. The van der Waals surface area contributed by atoms with E-state index in [1.165, 1.54) is 75.5 Å². The van der Waals surface area contributed by atoms with Crippen molar-refractivity contribution in [2.45, 2.75) is 70.6 Å². The largest absolute Gasteiger partial charge is 0.207 e. The van der Waals surface area contributed by atoms with E-state index in [9.17, 15) is 8.78 Å². The summed E-state index contributed by atoms with van der Waals surface area (Å²) in [6, 6.07) is 12.6. The molecular formula is C28H31F3. The fourth-order valence-electron chi connectivity index (χ4n) is 5.14. The Labute approximate surface area is 183 Å². The van der Waals surface area contributed by atoms with Crippen molar-refractivity contribution in [3.8, 4) is 11.1 Å². The molecule has 0 atom stereocenters. The molecule has 31 heavy (non-hydrogen) atoms. The van der Waals surface area contributed by atoms with Crippen LogP contribution in [-0.2, 0) is 0 Å². The van der Waals surface area contributed by atoms with Gasteiger partial charge in [0.25, 0.3) is 0 Å². The van der Waals surface area contributed by atoms with Gasteiger partial charge in [-0.2, -0.15) is 0 Å². The average Bonchev–Trinajstić information content (AvgIpc) is 2.76. The van der Waals surface area contributed by atoms with Gasteiger partial charge in [0, 0.05) is 17.0 Å². The van der Waals surface area contributed by atoms with Gasteiger partial charge in [0.15, 0.2) is 0 Å². The van der Waals surface area contributed by atoms with Crippen LogP contribution in [0.2, 0.25) is 0 Å². The maximum atomic E-state index is 15.2. The summed E-state index contributed by atoms with van der Waals surface area (Å²) < 4.78 is 42.3. The Kier molecular flexibility index (Phi) is 6.99. The third-order valence-corrected chi connectivity index (χ3v) is 6.94. The molecule has 0 unspecified atom stereocenters. The molecule has 164 valence electrons. The first-order valence-electron chi connectivity index (χ1n) is 11.7. The van der Waals surface area contributed by atoms with Crippen LogP contribution in [-0.4, -0.2) is 0 Å². The minimum absolute atomic E-state index is 0.221. The number of benzene rings is 3. The summed E-state index contributed by atoms with van der Waals surface area (Å²) in [5.74, 6) is -0.432. The van der Waals surface area contributed by atoms with E-state index >= 15 is 4.39 Å². The van der Waals surface area contributed by atoms with Gasteiger partial charge in [-0.15, -0.1) is 0 Å². The second kappa shape index (κ2) is 9.89. The zero-order valence-electron chi connectivity index (χ0n) is 18.3. The number of halogens is 3. The fraction of sp³-hybridized carbons (Fsp3) is 0.429. The zero-order chi connectivity index (χ0) is 21.8. The van der Waals surface area contributed by atoms with Crippen molar-refractivity contribution in [2.24, 2.45) is 5.92 Å². The van der Waals surface area contributed by atoms with Crippen LogP contribution >= 0.6 is 0 Å². The van der Waals surface area contributed by atoms with Crippen molar-refractivity contribution < 1.29 is 13.2 Å². The normalized spacial score (nSPS) is 19.1. The van der Waals surface area contributed by atoms with Gasteiger partial charge in [-0.05, 0) is 66.2 Å². The van der Waals surface area contributed by atoms with E-state index in [2.05, 4.69) is 13.0 Å². The highest BCUT2D eigenvalue weighted by molar-refractivity contribution is 5.89. The topological polar surface area (TPSA) is 0 Å². The minimum atomic E-state index is -0.703. The van der Waals surface area contributed by atoms with Crippen LogP contribution in [0.5, 0.6) is 0 Å². The van der Waals surface area contributed by atoms with Gasteiger partial charge in [-0.3, -0.25) is 0 Å². The number of fused-ring (bicyclic) bond motifs is 1. The fourth-order valence-corrected chi connectivity index (χ4v) is 5.14. The van der Waals surface area contributed by atoms with E-state index in [1.54, 1.807) is 6.07 Å². The van der Waals surface area contributed by atoms with E-state index in [0.717, 1.165) is 17.4 Å². The highest BCUT2D eigenvalue weighted by Crippen LogP contribution is 2.39. The van der Waals surface area contributed by atoms with Crippen molar-refractivity contribution in [3.05, 3.63) is 71.5 Å². The van der Waals surface area contributed by atoms with Crippen molar-refractivity contribution in [3.63, 3.8) is 0 Å². The van der Waals surface area contributed by atoms with E-state index in [-0.39, 0.29) is 11.1 Å². The maximum Gasteiger partial charge on any atom is 0.138 e. The van der Waals surface area contributed by atoms with Gasteiger partial charge in [0.1, 0.15) is 17.5 Å². The molecule has 1 aliphatic carbocycles. The molecule has 0 heterocycles. The summed E-state index contributed by atoms with van der Waals surface area (Å²) >= 11 is 0. The number of hydrogen-bond donors (Lipinski definition) is 0. The quantitative estimate of drug-likeness (QED) is 0.332. The van der Waals surface area contributed by atoms with Crippen molar-refractivity contribution in [1.82, 2.24) is 0 Å². The third kappa shape index (κ3) is 5.14. The molecule has 0 spiro atoms. The summed E-state index contributed by atoms with van der Waals surface area (Å²) in [5, 5.41) is 1.34. The molecule has 0 aliphatic heterocycles. The summed E-state index contributed by atoms with van der Waals surface area (Å²) in [4.78, 5) is 0. The number of unbranched alkanes of at least 4 members (excludes halogenated alkanes) is 3. The van der Waals surface area contributed by atoms with Gasteiger partial charge in [-0.25, -0.2) is 13.2 Å². The Morgan fingerprint density at radius 3 is 2.23 bits per heavy atom. The lowest BCUT2D eigenvalue weighted by Crippen LogP contribution is -2.13. The molecule has 1 aliphatic rings. The SMILES string of the molecule is CCCCCC[C@H]1CC[C@H](c2ccc3c(F)c(-c4cc(F)cc(F)c4)ccc3c2)CC1. The molecule has 0 nitrogen and oxygen atoms in total. The van der Waals surface area contributed by atoms with Crippen molar-refractivity contribution in [2.75, 3.05) is 0 Å². The molecule has 4 rings (SSSR count). The van der Waals surface area contributed by atoms with Crippen molar-refractivity contribution in [1.29, 1.82) is 0 Å². The van der Waals surface area contributed by atoms with Crippen LogP contribution in [0, 0.1) is 23.4 Å². The Morgan fingerprint density at radius 2 is 1.52 bits per heavy atom. The summed E-state index contributed by atoms with van der Waals surface area (Å²) in [5.41, 5.74) is 1.72. The standard InChI is InChI=1S/C28H31F3/c1-2-3-4-5-6-19-7-9-20(10-8-19)21-11-13-26-22(15-21)12-14-27(28(26)31)23-16-24(29)18-25(30)17-23/h11-20H,2-10H2,1H3/t19-,20-. The second-order valence-corrected chi connectivity index (χ2v) is 9.13. The van der Waals surface area contributed by atoms with Crippen LogP contribution < -0.4 is 0 Å². The predicted octanol–water partition coefficient (Wildman–Crippen LogP) is 9.17. The van der Waals surface area contributed by atoms with Crippen LogP contribution in [0.1, 0.15) is 76.2 Å². The Morgan fingerprint density at radius 1 is 0.774 bits per heavy atom. The first kappa shape index (κ1) is 21.9. The van der Waals surface area contributed by atoms with Crippen molar-refractivity contribution >= 4 is 10.8 Å². The van der Waals surface area contributed by atoms with E-state index in [0.29, 0.717) is 11.3 Å². The molecule has 1 fully saturated rings. The summed E-state index contributed by atoms with van der Waals surface area (Å²) in [6.07, 6.45) is 11.7. The van der Waals surface area contributed by atoms with E-state index in [1.807, 2.05) is 18.2 Å². The molecular weight excluding hydrogens is 393 g/mol. The van der Waals surface area contributed by atoms with Crippen LogP contribution in [0.15, 0.2) is 48.5 Å². The van der Waals surface area contributed by atoms with Crippen LogP contribution in [0.3, 0.4) is 0 Å². The maximum absolute atomic E-state index is 15.2. The van der Waals surface area contributed by atoms with Crippen LogP contribution in [0.25, 0.3) is 21.9 Å². The monoisotopic (exact) mass is 424 g/mol. The minimum Gasteiger partial charge on any atom is -0.207 e. The molecule has 3 heteroatoms. The lowest BCUT2D eigenvalue weighted by Gasteiger charge is -2.29. The molecule has 0 saturated heterocycles. The molecule has 0 bridgehead atoms. The molecule has 0 radical (unpaired) electrons. The van der Waals surface area contributed by atoms with Gasteiger partial charge in [0.05, 0.1) is 0 Å². The molecule has 3 aromatic carbocycles. The smallest absolute Gasteiger partial charge is 0.138 e.